The van der Waals surface area contributed by atoms with Crippen molar-refractivity contribution < 1.29 is 18.8 Å². The number of rotatable bonds is 2. The zero-order chi connectivity index (χ0) is 17.4. The van der Waals surface area contributed by atoms with Gasteiger partial charge in [0.2, 0.25) is 11.8 Å². The fraction of sp³-hybridized carbons (Fsp3) is 0.438. The van der Waals surface area contributed by atoms with Gasteiger partial charge in [0.1, 0.15) is 12.4 Å². The van der Waals surface area contributed by atoms with Gasteiger partial charge >= 0.3 is 0 Å². The van der Waals surface area contributed by atoms with Crippen LogP contribution in [0.3, 0.4) is 0 Å². The molecule has 6 nitrogen and oxygen atoms in total. The molecule has 0 aliphatic carbocycles. The van der Waals surface area contributed by atoms with Gasteiger partial charge in [0.25, 0.3) is 5.91 Å². The van der Waals surface area contributed by atoms with Crippen molar-refractivity contribution in [2.24, 2.45) is 0 Å². The van der Waals surface area contributed by atoms with Gasteiger partial charge in [-0.2, -0.15) is 0 Å². The molecule has 2 heterocycles. The maximum absolute atomic E-state index is 13.1. The zero-order valence-electron chi connectivity index (χ0n) is 13.1. The third-order valence-electron chi connectivity index (χ3n) is 4.35. The van der Waals surface area contributed by atoms with Crippen LogP contribution in [0.4, 0.5) is 4.39 Å². The molecule has 8 heteroatoms. The minimum absolute atomic E-state index is 0.0254. The molecule has 2 aliphatic rings. The van der Waals surface area contributed by atoms with Gasteiger partial charge in [0.15, 0.2) is 0 Å². The number of carbonyl (C=O) groups is 3. The van der Waals surface area contributed by atoms with Crippen LogP contribution in [-0.2, 0) is 9.59 Å². The van der Waals surface area contributed by atoms with Crippen molar-refractivity contribution in [1.82, 2.24) is 15.1 Å². The zero-order valence-corrected chi connectivity index (χ0v) is 13.8. The van der Waals surface area contributed by atoms with E-state index in [0.29, 0.717) is 19.5 Å². The van der Waals surface area contributed by atoms with Gasteiger partial charge in [0.05, 0.1) is 16.6 Å². The van der Waals surface area contributed by atoms with Crippen LogP contribution in [0.5, 0.6) is 0 Å². The minimum atomic E-state index is -0.522. The maximum Gasteiger partial charge on any atom is 0.255 e. The molecular weight excluding hydrogens is 337 g/mol. The lowest BCUT2D eigenvalue weighted by atomic mass is 10.1. The van der Waals surface area contributed by atoms with E-state index in [4.69, 9.17) is 11.6 Å². The average Bonchev–Trinajstić information content (AvgIpc) is 2.88. The van der Waals surface area contributed by atoms with E-state index in [1.165, 1.54) is 24.0 Å². The molecule has 0 saturated carbocycles. The van der Waals surface area contributed by atoms with Crippen LogP contribution < -0.4 is 5.32 Å². The summed E-state index contributed by atoms with van der Waals surface area (Å²) in [5.41, 5.74) is 0.177. The lowest BCUT2D eigenvalue weighted by molar-refractivity contribution is -0.136. The number of amides is 3. The second-order valence-electron chi connectivity index (χ2n) is 6.14. The van der Waals surface area contributed by atoms with E-state index < -0.39 is 11.7 Å². The highest BCUT2D eigenvalue weighted by molar-refractivity contribution is 6.33. The van der Waals surface area contributed by atoms with Crippen molar-refractivity contribution in [2.75, 3.05) is 19.6 Å². The Hall–Kier alpha value is -2.15. The molecule has 0 bridgehead atoms. The first-order valence-electron chi connectivity index (χ1n) is 7.66. The van der Waals surface area contributed by atoms with Gasteiger partial charge < -0.3 is 15.1 Å². The molecule has 24 heavy (non-hydrogen) atoms. The fourth-order valence-electron chi connectivity index (χ4n) is 3.35. The summed E-state index contributed by atoms with van der Waals surface area (Å²) >= 11 is 5.94. The first-order chi connectivity index (χ1) is 11.3. The Morgan fingerprint density at radius 3 is 2.75 bits per heavy atom. The lowest BCUT2D eigenvalue weighted by Gasteiger charge is -2.37. The number of hydrogen-bond acceptors (Lipinski definition) is 3. The second-order valence-corrected chi connectivity index (χ2v) is 6.55. The van der Waals surface area contributed by atoms with Crippen LogP contribution in [0.25, 0.3) is 0 Å². The molecule has 0 aromatic heterocycles. The summed E-state index contributed by atoms with van der Waals surface area (Å²) in [4.78, 5) is 39.2. The molecule has 1 aromatic carbocycles. The number of piperazine rings is 1. The summed E-state index contributed by atoms with van der Waals surface area (Å²) in [6, 6.07) is 3.34. The SMILES string of the molecule is CC(=O)NC1CC2CN(C(=O)c3ccc(F)cc3Cl)CC(=O)N2C1. The van der Waals surface area contributed by atoms with Crippen molar-refractivity contribution in [1.29, 1.82) is 0 Å². The number of fused-ring (bicyclic) bond motifs is 1. The van der Waals surface area contributed by atoms with Gasteiger partial charge in [-0.25, -0.2) is 4.39 Å². The van der Waals surface area contributed by atoms with Gasteiger partial charge in [0, 0.05) is 26.1 Å². The molecule has 1 aromatic rings. The van der Waals surface area contributed by atoms with E-state index in [9.17, 15) is 18.8 Å². The summed E-state index contributed by atoms with van der Waals surface area (Å²) in [5.74, 6) is -1.22. The minimum Gasteiger partial charge on any atom is -0.352 e. The smallest absolute Gasteiger partial charge is 0.255 e. The average molecular weight is 354 g/mol. The lowest BCUT2D eigenvalue weighted by Crippen LogP contribution is -2.55. The van der Waals surface area contributed by atoms with Crippen molar-refractivity contribution in [3.05, 3.63) is 34.6 Å². The van der Waals surface area contributed by atoms with Crippen LogP contribution in [-0.4, -0.2) is 59.2 Å². The Labute approximate surface area is 143 Å². The molecular formula is C16H17ClFN3O3. The molecule has 3 rings (SSSR count). The first-order valence-corrected chi connectivity index (χ1v) is 8.04. The molecule has 0 spiro atoms. The molecule has 2 atom stereocenters. The van der Waals surface area contributed by atoms with Gasteiger partial charge in [-0.3, -0.25) is 14.4 Å². The van der Waals surface area contributed by atoms with Gasteiger partial charge in [-0.1, -0.05) is 11.6 Å². The molecule has 2 unspecified atom stereocenters. The number of nitrogens with zero attached hydrogens (tertiary/aromatic N) is 2. The Kier molecular flexibility index (Phi) is 4.45. The number of halogens is 2. The van der Waals surface area contributed by atoms with Crippen LogP contribution in [0.1, 0.15) is 23.7 Å². The van der Waals surface area contributed by atoms with Crippen LogP contribution >= 0.6 is 11.6 Å². The van der Waals surface area contributed by atoms with Gasteiger partial charge in [-0.05, 0) is 24.6 Å². The Bertz CT molecular complexity index is 712. The molecule has 0 radical (unpaired) electrons. The maximum atomic E-state index is 13.1. The van der Waals surface area contributed by atoms with E-state index in [-0.39, 0.29) is 41.0 Å². The number of benzene rings is 1. The largest absolute Gasteiger partial charge is 0.352 e. The summed E-state index contributed by atoms with van der Waals surface area (Å²) in [6.07, 6.45) is 0.603. The van der Waals surface area contributed by atoms with E-state index in [2.05, 4.69) is 5.32 Å². The second kappa shape index (κ2) is 6.39. The summed E-state index contributed by atoms with van der Waals surface area (Å²) in [6.45, 7) is 2.22. The summed E-state index contributed by atoms with van der Waals surface area (Å²) in [7, 11) is 0. The Morgan fingerprint density at radius 1 is 1.33 bits per heavy atom. The fourth-order valence-corrected chi connectivity index (χ4v) is 3.60. The van der Waals surface area contributed by atoms with Crippen molar-refractivity contribution in [2.45, 2.75) is 25.4 Å². The highest BCUT2D eigenvalue weighted by Crippen LogP contribution is 2.26. The molecule has 1 N–H and O–H groups in total. The van der Waals surface area contributed by atoms with Crippen LogP contribution in [0, 0.1) is 5.82 Å². The third kappa shape index (κ3) is 3.21. The van der Waals surface area contributed by atoms with E-state index >= 15 is 0 Å². The molecule has 128 valence electrons. The predicted octanol–water partition coefficient (Wildman–Crippen LogP) is 1.04. The van der Waals surface area contributed by atoms with Crippen molar-refractivity contribution in [3.8, 4) is 0 Å². The highest BCUT2D eigenvalue weighted by Gasteiger charge is 2.41. The normalized spacial score (nSPS) is 23.2. The van der Waals surface area contributed by atoms with Gasteiger partial charge in [-0.15, -0.1) is 0 Å². The summed E-state index contributed by atoms with van der Waals surface area (Å²) in [5, 5.41) is 2.84. The first kappa shape index (κ1) is 16.7. The molecule has 2 fully saturated rings. The summed E-state index contributed by atoms with van der Waals surface area (Å²) < 4.78 is 13.1. The topological polar surface area (TPSA) is 69.7 Å². The van der Waals surface area contributed by atoms with Crippen LogP contribution in [0.2, 0.25) is 5.02 Å². The molecule has 3 amide bonds. The predicted molar refractivity (Wildman–Crippen MR) is 85.0 cm³/mol. The highest BCUT2D eigenvalue weighted by atomic mass is 35.5. The Balaban J connectivity index is 1.74. The van der Waals surface area contributed by atoms with E-state index in [1.807, 2.05) is 0 Å². The number of nitrogens with one attached hydrogen (secondary N) is 1. The van der Waals surface area contributed by atoms with E-state index in [0.717, 1.165) is 6.07 Å². The monoisotopic (exact) mass is 353 g/mol. The number of hydrogen-bond donors (Lipinski definition) is 1. The Morgan fingerprint density at radius 2 is 2.08 bits per heavy atom. The molecule has 2 saturated heterocycles. The quantitative estimate of drug-likeness (QED) is 0.863. The van der Waals surface area contributed by atoms with E-state index in [1.54, 1.807) is 4.90 Å². The van der Waals surface area contributed by atoms with Crippen molar-refractivity contribution in [3.63, 3.8) is 0 Å². The standard InChI is InChI=1S/C16H17ClFN3O3/c1-9(22)19-11-5-12-7-20(8-15(23)21(12)6-11)16(24)13-3-2-10(18)4-14(13)17/h2-4,11-12H,5-8H2,1H3,(H,19,22). The third-order valence-corrected chi connectivity index (χ3v) is 4.66. The number of carbonyl (C=O) groups excluding carboxylic acids is 3. The van der Waals surface area contributed by atoms with Crippen LogP contribution in [0.15, 0.2) is 18.2 Å². The van der Waals surface area contributed by atoms with Crippen molar-refractivity contribution >= 4 is 29.3 Å². The molecule has 2 aliphatic heterocycles.